The first-order chi connectivity index (χ1) is 16.7. The second kappa shape index (κ2) is 8.00. The molecule has 4 bridgehead atoms. The fourth-order valence-electron chi connectivity index (χ4n) is 9.88. The Hall–Kier alpha value is -1.01. The van der Waals surface area contributed by atoms with Crippen molar-refractivity contribution in [2.45, 2.75) is 107 Å². The lowest BCUT2D eigenvalue weighted by atomic mass is 9.33. The fraction of sp³-hybridized carbons (Fsp3) is 0.800. The van der Waals surface area contributed by atoms with Crippen LogP contribution in [-0.4, -0.2) is 58.7 Å². The van der Waals surface area contributed by atoms with Gasteiger partial charge in [-0.3, -0.25) is 4.90 Å². The number of methoxy groups -OCH3 is 1. The maximum atomic E-state index is 12.1. The van der Waals surface area contributed by atoms with E-state index in [2.05, 4.69) is 31.7 Å². The zero-order valence-electron chi connectivity index (χ0n) is 22.4. The van der Waals surface area contributed by atoms with E-state index < -0.39 is 11.2 Å². The normalized spacial score (nSPS) is 41.4. The molecule has 2 aliphatic heterocycles. The van der Waals surface area contributed by atoms with Crippen molar-refractivity contribution in [2.75, 3.05) is 20.2 Å². The summed E-state index contributed by atoms with van der Waals surface area (Å²) in [6.45, 7) is 8.87. The van der Waals surface area contributed by atoms with Crippen molar-refractivity contribution in [2.24, 2.45) is 23.2 Å². The van der Waals surface area contributed by atoms with E-state index in [1.165, 1.54) is 30.5 Å². The van der Waals surface area contributed by atoms with Gasteiger partial charge in [-0.2, -0.15) is 0 Å². The number of hydrogen-bond donors (Lipinski definition) is 2. The molecule has 0 radical (unpaired) electrons. The van der Waals surface area contributed by atoms with Gasteiger partial charge in [0.2, 0.25) is 0 Å². The first-order valence-electron chi connectivity index (χ1n) is 14.2. The maximum Gasteiger partial charge on any atom is 0.165 e. The van der Waals surface area contributed by atoms with E-state index in [1.807, 2.05) is 13.2 Å². The lowest BCUT2D eigenvalue weighted by Gasteiger charge is -2.75. The second-order valence-electron chi connectivity index (χ2n) is 13.7. The van der Waals surface area contributed by atoms with Gasteiger partial charge in [0.1, 0.15) is 11.7 Å². The third-order valence-electron chi connectivity index (χ3n) is 11.6. The summed E-state index contributed by atoms with van der Waals surface area (Å²) in [5.74, 6) is 2.43. The minimum Gasteiger partial charge on any atom is -0.504 e. The Labute approximate surface area is 222 Å². The monoisotopic (exact) mass is 517 g/mol. The number of nitrogens with zero attached hydrogens (tertiary/aromatic N) is 1. The molecule has 5 aliphatic carbocycles. The van der Waals surface area contributed by atoms with Crippen molar-refractivity contribution in [3.63, 3.8) is 0 Å². The van der Waals surface area contributed by atoms with Gasteiger partial charge >= 0.3 is 0 Å². The summed E-state index contributed by atoms with van der Waals surface area (Å²) in [5.41, 5.74) is 1.25. The smallest absolute Gasteiger partial charge is 0.165 e. The van der Waals surface area contributed by atoms with E-state index >= 15 is 0 Å². The highest BCUT2D eigenvalue weighted by Crippen LogP contribution is 2.77. The summed E-state index contributed by atoms with van der Waals surface area (Å²) in [7, 11) is 1.84. The number of aliphatic hydroxyl groups is 1. The average Bonchev–Trinajstić information content (AvgIpc) is 3.57. The van der Waals surface area contributed by atoms with Crippen molar-refractivity contribution >= 4 is 12.4 Å². The van der Waals surface area contributed by atoms with Crippen molar-refractivity contribution < 1.29 is 19.7 Å². The SMILES string of the molecule is COC12CC[C@]3(CC1[C@](C)(O)CCC(C)C)[C@H]1Cc4ccc(O)c5c4C3(CCN1CC1CC1)[C@H]2O5.Cl. The van der Waals surface area contributed by atoms with Crippen LogP contribution in [0.15, 0.2) is 12.1 Å². The molecule has 0 amide bonds. The Morgan fingerprint density at radius 1 is 1.22 bits per heavy atom. The Bertz CT molecular complexity index is 1060. The lowest BCUT2D eigenvalue weighted by molar-refractivity contribution is -0.303. The van der Waals surface area contributed by atoms with Crippen LogP contribution in [0, 0.1) is 23.2 Å². The maximum absolute atomic E-state index is 12.1. The molecule has 0 aromatic heterocycles. The molecule has 5 fully saturated rings. The molecule has 7 atom stereocenters. The van der Waals surface area contributed by atoms with Gasteiger partial charge in [-0.15, -0.1) is 12.4 Å². The first kappa shape index (κ1) is 25.3. The standard InChI is InChI=1S/C30H43NO4.ClH/c1-18(2)9-10-27(3,33)22-16-28-11-12-30(22,34-4)26-29(28)13-14-31(17-19-5-6-19)23(28)15-20-7-8-21(32)25(35-26)24(20)29;/h7-8,18-19,22-23,26,32-33H,5-6,9-17H2,1-4H3;1H/t22?,23-,26-,27-,28+,29?,30?;/m1./s1. The van der Waals surface area contributed by atoms with Crippen LogP contribution in [0.5, 0.6) is 11.5 Å². The number of fused-ring (bicyclic) bond motifs is 2. The molecule has 5 nitrogen and oxygen atoms in total. The molecule has 2 spiro atoms. The molecule has 8 rings (SSSR count). The number of hydrogen-bond acceptors (Lipinski definition) is 5. The number of piperidine rings is 1. The van der Waals surface area contributed by atoms with Crippen LogP contribution in [0.25, 0.3) is 0 Å². The Morgan fingerprint density at radius 2 is 2.00 bits per heavy atom. The predicted molar refractivity (Wildman–Crippen MR) is 142 cm³/mol. The molecular weight excluding hydrogens is 474 g/mol. The van der Waals surface area contributed by atoms with E-state index in [0.29, 0.717) is 12.0 Å². The summed E-state index contributed by atoms with van der Waals surface area (Å²) >= 11 is 0. The Balaban J connectivity index is 0.00000240. The van der Waals surface area contributed by atoms with Crippen LogP contribution in [0.4, 0.5) is 0 Å². The quantitative estimate of drug-likeness (QED) is 0.519. The van der Waals surface area contributed by atoms with Crippen LogP contribution >= 0.6 is 12.4 Å². The molecule has 6 heteroatoms. The highest BCUT2D eigenvalue weighted by atomic mass is 35.5. The van der Waals surface area contributed by atoms with Gasteiger partial charge in [-0.05, 0) is 94.7 Å². The lowest BCUT2D eigenvalue weighted by Crippen LogP contribution is -2.82. The van der Waals surface area contributed by atoms with Gasteiger partial charge in [-0.1, -0.05) is 19.9 Å². The average molecular weight is 518 g/mol. The number of aromatic hydroxyl groups is 1. The fourth-order valence-corrected chi connectivity index (χ4v) is 9.88. The number of likely N-dealkylation sites (tertiary alicyclic amines) is 1. The highest BCUT2D eigenvalue weighted by Gasteiger charge is 2.81. The van der Waals surface area contributed by atoms with Gasteiger partial charge < -0.3 is 19.7 Å². The summed E-state index contributed by atoms with van der Waals surface area (Å²) in [5, 5.41) is 23.1. The topological polar surface area (TPSA) is 62.2 Å². The number of halogens is 1. The molecule has 1 saturated heterocycles. The number of phenolic OH excluding ortho intramolecular Hbond substituents is 1. The zero-order valence-corrected chi connectivity index (χ0v) is 23.2. The second-order valence-corrected chi connectivity index (χ2v) is 13.7. The van der Waals surface area contributed by atoms with E-state index in [1.54, 1.807) is 0 Å². The van der Waals surface area contributed by atoms with Crippen LogP contribution in [0.3, 0.4) is 0 Å². The van der Waals surface area contributed by atoms with Gasteiger partial charge in [-0.25, -0.2) is 0 Å². The van der Waals surface area contributed by atoms with Crippen LogP contribution in [0.1, 0.15) is 83.3 Å². The number of rotatable bonds is 7. The van der Waals surface area contributed by atoms with Crippen LogP contribution in [-0.2, 0) is 16.6 Å². The molecular formula is C30H44ClNO4. The van der Waals surface area contributed by atoms with Gasteiger partial charge in [0.15, 0.2) is 11.5 Å². The molecule has 200 valence electrons. The van der Waals surface area contributed by atoms with E-state index in [0.717, 1.165) is 63.2 Å². The molecule has 4 saturated carbocycles. The molecule has 7 aliphatic rings. The minimum atomic E-state index is -0.814. The molecule has 1 aromatic rings. The van der Waals surface area contributed by atoms with Gasteiger partial charge in [0.05, 0.1) is 5.60 Å². The third-order valence-corrected chi connectivity index (χ3v) is 11.6. The number of phenols is 1. The van der Waals surface area contributed by atoms with E-state index in [-0.39, 0.29) is 41.0 Å². The summed E-state index contributed by atoms with van der Waals surface area (Å²) in [6.07, 6.45) is 9.55. The van der Waals surface area contributed by atoms with Crippen LogP contribution < -0.4 is 4.74 Å². The van der Waals surface area contributed by atoms with Crippen molar-refractivity contribution in [1.82, 2.24) is 4.90 Å². The van der Waals surface area contributed by atoms with Crippen molar-refractivity contribution in [3.8, 4) is 11.5 Å². The first-order valence-corrected chi connectivity index (χ1v) is 14.2. The molecule has 3 unspecified atom stereocenters. The van der Waals surface area contributed by atoms with Crippen LogP contribution in [0.2, 0.25) is 0 Å². The Kier molecular flexibility index (Phi) is 5.62. The number of ether oxygens (including phenoxy) is 2. The Morgan fingerprint density at radius 3 is 2.69 bits per heavy atom. The van der Waals surface area contributed by atoms with E-state index in [4.69, 9.17) is 9.47 Å². The predicted octanol–water partition coefficient (Wildman–Crippen LogP) is 5.23. The highest BCUT2D eigenvalue weighted by molar-refractivity contribution is 5.85. The molecule has 2 heterocycles. The van der Waals surface area contributed by atoms with E-state index in [9.17, 15) is 10.2 Å². The summed E-state index contributed by atoms with van der Waals surface area (Å²) in [4.78, 5) is 2.83. The van der Waals surface area contributed by atoms with Gasteiger partial charge in [0.25, 0.3) is 0 Å². The number of benzene rings is 1. The largest absolute Gasteiger partial charge is 0.504 e. The zero-order chi connectivity index (χ0) is 24.4. The molecule has 1 aromatic carbocycles. The molecule has 36 heavy (non-hydrogen) atoms. The summed E-state index contributed by atoms with van der Waals surface area (Å²) in [6, 6.07) is 4.49. The van der Waals surface area contributed by atoms with Crippen molar-refractivity contribution in [1.29, 1.82) is 0 Å². The van der Waals surface area contributed by atoms with Gasteiger partial charge in [0, 0.05) is 42.0 Å². The molecule has 2 N–H and O–H groups in total. The van der Waals surface area contributed by atoms with Crippen molar-refractivity contribution in [3.05, 3.63) is 23.3 Å². The minimum absolute atomic E-state index is 0. The summed E-state index contributed by atoms with van der Waals surface area (Å²) < 4.78 is 13.5. The third kappa shape index (κ3) is 2.95.